The van der Waals surface area contributed by atoms with Crippen LogP contribution in [0.2, 0.25) is 0 Å². The normalized spacial score (nSPS) is 11.0. The molecule has 0 spiro atoms. The lowest BCUT2D eigenvalue weighted by Crippen LogP contribution is -2.08. The Hall–Kier alpha value is -2.00. The molecule has 0 aliphatic rings. The van der Waals surface area contributed by atoms with E-state index < -0.39 is 5.97 Å². The quantitative estimate of drug-likeness (QED) is 0.764. The van der Waals surface area contributed by atoms with Crippen LogP contribution in [0, 0.1) is 0 Å². The van der Waals surface area contributed by atoms with Crippen molar-refractivity contribution in [2.24, 2.45) is 7.05 Å². The highest BCUT2D eigenvalue weighted by atomic mass is 79.9. The number of hydrogen-bond donors (Lipinski definition) is 1. The standard InChI is InChI=1S/C12H10BrN5O2S/c1-17-3-2-14-11(17)10-9(12(19)20)15-16-18(10)5-7-4-8(13)21-6-7/h2-4,6H,5H2,1H3,(H,19,20). The van der Waals surface area contributed by atoms with Gasteiger partial charge in [-0.15, -0.1) is 16.4 Å². The van der Waals surface area contributed by atoms with E-state index in [1.807, 2.05) is 11.4 Å². The lowest BCUT2D eigenvalue weighted by molar-refractivity contribution is 0.0691. The lowest BCUT2D eigenvalue weighted by atomic mass is 10.2. The molecule has 0 saturated heterocycles. The van der Waals surface area contributed by atoms with E-state index in [0.717, 1.165) is 9.35 Å². The molecule has 3 heterocycles. The van der Waals surface area contributed by atoms with Gasteiger partial charge in [-0.25, -0.2) is 14.5 Å². The molecule has 0 radical (unpaired) electrons. The van der Waals surface area contributed by atoms with Crippen LogP contribution in [0.5, 0.6) is 0 Å². The van der Waals surface area contributed by atoms with Gasteiger partial charge in [0.1, 0.15) is 5.69 Å². The maximum atomic E-state index is 11.3. The van der Waals surface area contributed by atoms with Crippen molar-refractivity contribution in [1.29, 1.82) is 0 Å². The summed E-state index contributed by atoms with van der Waals surface area (Å²) in [6, 6.07) is 1.97. The van der Waals surface area contributed by atoms with Gasteiger partial charge in [-0.05, 0) is 32.9 Å². The molecule has 0 unspecified atom stereocenters. The minimum atomic E-state index is -1.12. The Morgan fingerprint density at radius 3 is 2.90 bits per heavy atom. The maximum absolute atomic E-state index is 11.3. The molecule has 0 saturated carbocycles. The minimum absolute atomic E-state index is 0.0985. The summed E-state index contributed by atoms with van der Waals surface area (Å²) >= 11 is 4.97. The Morgan fingerprint density at radius 2 is 2.33 bits per heavy atom. The fourth-order valence-electron chi connectivity index (χ4n) is 1.98. The number of thiophene rings is 1. The predicted molar refractivity (Wildman–Crippen MR) is 80.3 cm³/mol. The van der Waals surface area contributed by atoms with E-state index >= 15 is 0 Å². The summed E-state index contributed by atoms with van der Waals surface area (Å²) in [5, 5.41) is 19.0. The maximum Gasteiger partial charge on any atom is 0.358 e. The van der Waals surface area contributed by atoms with Gasteiger partial charge in [0.05, 0.1) is 10.3 Å². The van der Waals surface area contributed by atoms with Gasteiger partial charge >= 0.3 is 5.97 Å². The molecule has 108 valence electrons. The van der Waals surface area contributed by atoms with Crippen LogP contribution < -0.4 is 0 Å². The molecule has 0 atom stereocenters. The van der Waals surface area contributed by atoms with Crippen LogP contribution in [0.25, 0.3) is 11.5 Å². The first-order chi connectivity index (χ1) is 10.1. The molecule has 0 fully saturated rings. The van der Waals surface area contributed by atoms with Crippen LogP contribution in [0.15, 0.2) is 27.6 Å². The van der Waals surface area contributed by atoms with Crippen molar-refractivity contribution in [3.8, 4) is 11.5 Å². The van der Waals surface area contributed by atoms with Crippen molar-refractivity contribution in [3.05, 3.63) is 38.9 Å². The van der Waals surface area contributed by atoms with Gasteiger partial charge in [-0.1, -0.05) is 5.21 Å². The van der Waals surface area contributed by atoms with E-state index in [0.29, 0.717) is 18.1 Å². The zero-order valence-corrected chi connectivity index (χ0v) is 13.3. The Morgan fingerprint density at radius 1 is 1.52 bits per heavy atom. The third-order valence-corrected chi connectivity index (χ3v) is 4.48. The van der Waals surface area contributed by atoms with Crippen molar-refractivity contribution in [2.45, 2.75) is 6.54 Å². The van der Waals surface area contributed by atoms with Crippen LogP contribution >= 0.6 is 27.3 Å². The molecule has 3 rings (SSSR count). The van der Waals surface area contributed by atoms with Crippen molar-refractivity contribution >= 4 is 33.2 Å². The number of rotatable bonds is 4. The number of hydrogen-bond acceptors (Lipinski definition) is 5. The number of carboxylic acid groups (broad SMARTS) is 1. The predicted octanol–water partition coefficient (Wildman–Crippen LogP) is 2.25. The van der Waals surface area contributed by atoms with Gasteiger partial charge in [0.15, 0.2) is 5.82 Å². The first-order valence-electron chi connectivity index (χ1n) is 5.93. The third-order valence-electron chi connectivity index (χ3n) is 2.92. The summed E-state index contributed by atoms with van der Waals surface area (Å²) in [4.78, 5) is 15.5. The molecule has 3 aromatic heterocycles. The largest absolute Gasteiger partial charge is 0.476 e. The number of aryl methyl sites for hydroxylation is 1. The molecular formula is C12H10BrN5O2S. The van der Waals surface area contributed by atoms with E-state index in [-0.39, 0.29) is 5.69 Å². The van der Waals surface area contributed by atoms with E-state index in [1.165, 1.54) is 0 Å². The van der Waals surface area contributed by atoms with Crippen molar-refractivity contribution in [2.75, 3.05) is 0 Å². The monoisotopic (exact) mass is 367 g/mol. The van der Waals surface area contributed by atoms with E-state index in [4.69, 9.17) is 0 Å². The van der Waals surface area contributed by atoms with Crippen LogP contribution in [0.4, 0.5) is 0 Å². The third kappa shape index (κ3) is 2.61. The highest BCUT2D eigenvalue weighted by molar-refractivity contribution is 9.11. The molecule has 0 bridgehead atoms. The Bertz CT molecular complexity index is 806. The summed E-state index contributed by atoms with van der Waals surface area (Å²) in [6.07, 6.45) is 3.36. The minimum Gasteiger partial charge on any atom is -0.476 e. The number of nitrogens with zero attached hydrogens (tertiary/aromatic N) is 5. The highest BCUT2D eigenvalue weighted by Crippen LogP contribution is 2.24. The zero-order chi connectivity index (χ0) is 15.0. The molecule has 3 aromatic rings. The molecule has 21 heavy (non-hydrogen) atoms. The van der Waals surface area contributed by atoms with Gasteiger partial charge < -0.3 is 9.67 Å². The summed E-state index contributed by atoms with van der Waals surface area (Å²) in [5.74, 6) is -0.600. The lowest BCUT2D eigenvalue weighted by Gasteiger charge is -2.06. The van der Waals surface area contributed by atoms with Crippen LogP contribution in [-0.4, -0.2) is 35.6 Å². The second-order valence-corrected chi connectivity index (χ2v) is 6.66. The van der Waals surface area contributed by atoms with Crippen molar-refractivity contribution < 1.29 is 9.90 Å². The fourth-order valence-corrected chi connectivity index (χ4v) is 3.18. The highest BCUT2D eigenvalue weighted by Gasteiger charge is 2.23. The fraction of sp³-hybridized carbons (Fsp3) is 0.167. The van der Waals surface area contributed by atoms with E-state index in [2.05, 4.69) is 31.2 Å². The molecule has 9 heteroatoms. The average Bonchev–Trinajstić information content (AvgIpc) is 3.11. The van der Waals surface area contributed by atoms with Crippen molar-refractivity contribution in [3.63, 3.8) is 0 Å². The summed E-state index contributed by atoms with van der Waals surface area (Å²) in [5.41, 5.74) is 1.32. The Labute approximate surface area is 132 Å². The number of aromatic carboxylic acids is 1. The van der Waals surface area contributed by atoms with Crippen LogP contribution in [0.1, 0.15) is 16.1 Å². The Kier molecular flexibility index (Phi) is 3.60. The van der Waals surface area contributed by atoms with Gasteiger partial charge in [0.25, 0.3) is 0 Å². The first kappa shape index (κ1) is 14.0. The summed E-state index contributed by atoms with van der Waals surface area (Å²) in [7, 11) is 1.80. The molecule has 0 amide bonds. The first-order valence-corrected chi connectivity index (χ1v) is 7.61. The molecule has 7 nitrogen and oxygen atoms in total. The number of carbonyl (C=O) groups is 1. The van der Waals surface area contributed by atoms with Gasteiger partial charge in [-0.3, -0.25) is 0 Å². The van der Waals surface area contributed by atoms with Gasteiger partial charge in [-0.2, -0.15) is 0 Å². The summed E-state index contributed by atoms with van der Waals surface area (Å²) < 4.78 is 4.31. The Balaban J connectivity index is 2.09. The number of halogens is 1. The average molecular weight is 368 g/mol. The number of carboxylic acids is 1. The van der Waals surface area contributed by atoms with E-state index in [9.17, 15) is 9.90 Å². The number of imidazole rings is 1. The topological polar surface area (TPSA) is 85.8 Å². The SMILES string of the molecule is Cn1ccnc1-c1c(C(=O)O)nnn1Cc1csc(Br)c1. The van der Waals surface area contributed by atoms with Crippen molar-refractivity contribution in [1.82, 2.24) is 24.5 Å². The van der Waals surface area contributed by atoms with Gasteiger partial charge in [0, 0.05) is 19.4 Å². The van der Waals surface area contributed by atoms with Crippen LogP contribution in [0.3, 0.4) is 0 Å². The number of aromatic nitrogens is 5. The zero-order valence-electron chi connectivity index (χ0n) is 10.9. The second kappa shape index (κ2) is 5.41. The molecule has 1 N–H and O–H groups in total. The second-order valence-electron chi connectivity index (χ2n) is 4.37. The smallest absolute Gasteiger partial charge is 0.358 e. The summed E-state index contributed by atoms with van der Waals surface area (Å²) in [6.45, 7) is 0.435. The van der Waals surface area contributed by atoms with Gasteiger partial charge in [0.2, 0.25) is 5.69 Å². The van der Waals surface area contributed by atoms with Crippen LogP contribution in [-0.2, 0) is 13.6 Å². The molecule has 0 aliphatic carbocycles. The van der Waals surface area contributed by atoms with E-state index in [1.54, 1.807) is 40.0 Å². The molecular weight excluding hydrogens is 358 g/mol. The molecule has 0 aromatic carbocycles. The molecule has 0 aliphatic heterocycles.